The van der Waals surface area contributed by atoms with Crippen LogP contribution in [0.5, 0.6) is 0 Å². The van der Waals surface area contributed by atoms with Crippen LogP contribution in [0.1, 0.15) is 98.0 Å². The molecule has 6 rings (SSSR count). The van der Waals surface area contributed by atoms with Gasteiger partial charge >= 0.3 is 5.97 Å². The Kier molecular flexibility index (Phi) is 10.1. The Morgan fingerprint density at radius 3 is 2.47 bits per heavy atom. The number of carboxylic acids is 1. The molecule has 1 saturated heterocycles. The molecule has 2 aromatic carbocycles. The van der Waals surface area contributed by atoms with Crippen LogP contribution in [-0.2, 0) is 11.3 Å². The molecule has 1 saturated carbocycles. The van der Waals surface area contributed by atoms with Crippen molar-refractivity contribution in [3.63, 3.8) is 0 Å². The number of aliphatic carboxylic acids is 1. The summed E-state index contributed by atoms with van der Waals surface area (Å²) in [4.78, 5) is 30.6. The summed E-state index contributed by atoms with van der Waals surface area (Å²) in [6.45, 7) is 8.94. The van der Waals surface area contributed by atoms with Crippen molar-refractivity contribution in [1.82, 2.24) is 14.8 Å². The van der Waals surface area contributed by atoms with Gasteiger partial charge in [0, 0.05) is 53.9 Å². The third kappa shape index (κ3) is 6.92. The number of carbonyl (C=O) groups excluding carboxylic acids is 1. The molecule has 3 aliphatic rings. The van der Waals surface area contributed by atoms with Crippen LogP contribution in [0.15, 0.2) is 36.4 Å². The summed E-state index contributed by atoms with van der Waals surface area (Å²) in [5, 5.41) is 13.8. The number of piperidine rings is 1. The molecule has 0 unspecified atom stereocenters. The van der Waals surface area contributed by atoms with Crippen molar-refractivity contribution in [3.05, 3.63) is 53.1 Å². The SMILES string of the molecule is Cc1ccc2c(c1)N(CCN1CCCCC1)CCn1c-2c(C2CCCCC2)c2ccc(C(=O)N[C@@H](CCCCN)C(=O)O)cc21. The Morgan fingerprint density at radius 2 is 1.71 bits per heavy atom. The number of carboxylic acid groups (broad SMARTS) is 1. The molecule has 0 spiro atoms. The average molecular weight is 614 g/mol. The summed E-state index contributed by atoms with van der Waals surface area (Å²) in [6.07, 6.45) is 11.9. The number of rotatable bonds is 11. The topological polar surface area (TPSA) is 104 Å². The summed E-state index contributed by atoms with van der Waals surface area (Å²) in [5.41, 5.74) is 13.9. The van der Waals surface area contributed by atoms with Gasteiger partial charge in [-0.1, -0.05) is 43.9 Å². The number of fused-ring (bicyclic) bond motifs is 5. The Labute approximate surface area is 267 Å². The second kappa shape index (κ2) is 14.4. The standard InChI is InChI=1S/C37H51N5O3/c1-26-13-15-30-32(24-26)41(21-20-40-18-8-3-9-19-40)22-23-42-33-25-28(36(43)39-31(37(44)45)12-6-7-17-38)14-16-29(33)34(35(30)42)27-10-4-2-5-11-27/h13-16,24-25,27,31H,2-12,17-23,38H2,1H3,(H,39,43)(H,44,45)/t31-/m0/s1. The van der Waals surface area contributed by atoms with Crippen molar-refractivity contribution < 1.29 is 14.7 Å². The van der Waals surface area contributed by atoms with Crippen LogP contribution in [-0.4, -0.2) is 71.8 Å². The van der Waals surface area contributed by atoms with Gasteiger partial charge in [0.15, 0.2) is 0 Å². The monoisotopic (exact) mass is 613 g/mol. The van der Waals surface area contributed by atoms with E-state index < -0.39 is 12.0 Å². The maximum Gasteiger partial charge on any atom is 0.326 e. The van der Waals surface area contributed by atoms with E-state index in [9.17, 15) is 14.7 Å². The highest BCUT2D eigenvalue weighted by Crippen LogP contribution is 2.47. The fourth-order valence-electron chi connectivity index (χ4n) is 7.96. The van der Waals surface area contributed by atoms with Crippen molar-refractivity contribution in [2.75, 3.05) is 44.2 Å². The molecule has 1 amide bonds. The van der Waals surface area contributed by atoms with E-state index in [1.165, 1.54) is 97.9 Å². The van der Waals surface area contributed by atoms with Gasteiger partial charge in [0.2, 0.25) is 0 Å². The number of benzene rings is 2. The number of likely N-dealkylation sites (tertiary alicyclic amines) is 1. The molecule has 45 heavy (non-hydrogen) atoms. The number of nitrogens with one attached hydrogen (secondary N) is 1. The number of nitrogens with zero attached hydrogens (tertiary/aromatic N) is 3. The smallest absolute Gasteiger partial charge is 0.326 e. The lowest BCUT2D eigenvalue weighted by Gasteiger charge is -2.31. The number of aromatic nitrogens is 1. The number of nitrogens with two attached hydrogens (primary N) is 1. The Balaban J connectivity index is 1.39. The van der Waals surface area contributed by atoms with Gasteiger partial charge in [0.25, 0.3) is 5.91 Å². The minimum Gasteiger partial charge on any atom is -0.480 e. The van der Waals surface area contributed by atoms with Crippen molar-refractivity contribution in [3.8, 4) is 11.3 Å². The van der Waals surface area contributed by atoms with E-state index in [1.807, 2.05) is 12.1 Å². The average Bonchev–Trinajstić information content (AvgIpc) is 3.29. The van der Waals surface area contributed by atoms with Gasteiger partial charge in [-0.2, -0.15) is 0 Å². The summed E-state index contributed by atoms with van der Waals surface area (Å²) in [6, 6.07) is 12.1. The first-order valence-corrected chi connectivity index (χ1v) is 17.4. The molecule has 0 radical (unpaired) electrons. The second-order valence-corrected chi connectivity index (χ2v) is 13.5. The highest BCUT2D eigenvalue weighted by Gasteiger charge is 2.31. The molecule has 3 heterocycles. The summed E-state index contributed by atoms with van der Waals surface area (Å²) < 4.78 is 2.47. The highest BCUT2D eigenvalue weighted by molar-refractivity contribution is 6.02. The molecule has 1 aromatic heterocycles. The van der Waals surface area contributed by atoms with Crippen LogP contribution in [0.3, 0.4) is 0 Å². The van der Waals surface area contributed by atoms with E-state index in [0.29, 0.717) is 30.9 Å². The van der Waals surface area contributed by atoms with E-state index in [0.717, 1.165) is 38.1 Å². The molecular formula is C37H51N5O3. The lowest BCUT2D eigenvalue weighted by Crippen LogP contribution is -2.40. The second-order valence-electron chi connectivity index (χ2n) is 13.5. The maximum absolute atomic E-state index is 13.5. The van der Waals surface area contributed by atoms with Crippen molar-refractivity contribution in [1.29, 1.82) is 0 Å². The first kappa shape index (κ1) is 31.6. The summed E-state index contributed by atoms with van der Waals surface area (Å²) >= 11 is 0. The highest BCUT2D eigenvalue weighted by atomic mass is 16.4. The molecule has 8 nitrogen and oxygen atoms in total. The van der Waals surface area contributed by atoms with Gasteiger partial charge in [0.05, 0.1) is 5.69 Å². The van der Waals surface area contributed by atoms with Crippen LogP contribution >= 0.6 is 0 Å². The van der Waals surface area contributed by atoms with Gasteiger partial charge in [-0.15, -0.1) is 0 Å². The predicted octanol–water partition coefficient (Wildman–Crippen LogP) is 6.28. The van der Waals surface area contributed by atoms with Crippen molar-refractivity contribution >= 4 is 28.5 Å². The zero-order chi connectivity index (χ0) is 31.3. The zero-order valence-corrected chi connectivity index (χ0v) is 27.0. The minimum atomic E-state index is -1.01. The predicted molar refractivity (Wildman–Crippen MR) is 182 cm³/mol. The number of hydrogen-bond acceptors (Lipinski definition) is 5. The molecule has 4 N–H and O–H groups in total. The van der Waals surface area contributed by atoms with Crippen LogP contribution in [0.4, 0.5) is 5.69 Å². The Bertz CT molecular complexity index is 1500. The number of unbranched alkanes of at least 4 members (excludes halogenated alkanes) is 1. The molecule has 2 aliphatic heterocycles. The Hall–Kier alpha value is -3.36. The van der Waals surface area contributed by atoms with Gasteiger partial charge in [-0.05, 0) is 107 Å². The molecule has 2 fully saturated rings. The van der Waals surface area contributed by atoms with Crippen LogP contribution in [0.2, 0.25) is 0 Å². The van der Waals surface area contributed by atoms with E-state index in [1.54, 1.807) is 0 Å². The molecule has 3 aromatic rings. The molecule has 242 valence electrons. The van der Waals surface area contributed by atoms with Crippen LogP contribution in [0, 0.1) is 6.92 Å². The third-order valence-corrected chi connectivity index (χ3v) is 10.4. The van der Waals surface area contributed by atoms with Gasteiger partial charge < -0.3 is 30.5 Å². The molecular weight excluding hydrogens is 562 g/mol. The fourth-order valence-corrected chi connectivity index (χ4v) is 7.96. The van der Waals surface area contributed by atoms with E-state index >= 15 is 0 Å². The van der Waals surface area contributed by atoms with E-state index in [-0.39, 0.29) is 5.91 Å². The quantitative estimate of drug-likeness (QED) is 0.220. The third-order valence-electron chi connectivity index (χ3n) is 10.4. The lowest BCUT2D eigenvalue weighted by atomic mass is 9.81. The minimum absolute atomic E-state index is 0.334. The molecule has 8 heteroatoms. The van der Waals surface area contributed by atoms with Crippen molar-refractivity contribution in [2.24, 2.45) is 5.73 Å². The largest absolute Gasteiger partial charge is 0.480 e. The number of anilines is 1. The number of carbonyl (C=O) groups is 2. The molecule has 0 bridgehead atoms. The lowest BCUT2D eigenvalue weighted by molar-refractivity contribution is -0.139. The summed E-state index contributed by atoms with van der Waals surface area (Å²) in [5.74, 6) is -0.848. The van der Waals surface area contributed by atoms with Crippen molar-refractivity contribution in [2.45, 2.75) is 96.1 Å². The van der Waals surface area contributed by atoms with Crippen LogP contribution in [0.25, 0.3) is 22.2 Å². The van der Waals surface area contributed by atoms with Gasteiger partial charge in [-0.25, -0.2) is 4.79 Å². The number of amides is 1. The number of aryl methyl sites for hydroxylation is 1. The normalized spacial score (nSPS) is 18.3. The van der Waals surface area contributed by atoms with E-state index in [4.69, 9.17) is 5.73 Å². The van der Waals surface area contributed by atoms with Gasteiger partial charge in [-0.3, -0.25) is 4.79 Å². The Morgan fingerprint density at radius 1 is 0.933 bits per heavy atom. The molecule has 1 aliphatic carbocycles. The molecule has 1 atom stereocenters. The zero-order valence-electron chi connectivity index (χ0n) is 27.0. The van der Waals surface area contributed by atoms with Crippen LogP contribution < -0.4 is 16.0 Å². The maximum atomic E-state index is 13.5. The first-order chi connectivity index (χ1) is 21.9. The van der Waals surface area contributed by atoms with Gasteiger partial charge in [0.1, 0.15) is 6.04 Å². The van der Waals surface area contributed by atoms with E-state index in [2.05, 4.69) is 50.9 Å². The first-order valence-electron chi connectivity index (χ1n) is 17.4. The fraction of sp³-hybridized carbons (Fsp3) is 0.568. The summed E-state index contributed by atoms with van der Waals surface area (Å²) in [7, 11) is 0. The number of hydrogen-bond donors (Lipinski definition) is 3.